The van der Waals surface area contributed by atoms with E-state index in [-0.39, 0.29) is 11.6 Å². The van der Waals surface area contributed by atoms with Crippen molar-refractivity contribution in [2.75, 3.05) is 32.4 Å². The summed E-state index contributed by atoms with van der Waals surface area (Å²) >= 11 is 0. The molecule has 0 aliphatic carbocycles. The maximum Gasteiger partial charge on any atom is 0.321 e. The molecule has 1 aromatic carbocycles. The van der Waals surface area contributed by atoms with E-state index in [0.29, 0.717) is 18.9 Å². The standard InChI is InChI=1S/C11H16N2O6S/c1-18-6-7-19-8-12-11(14)13-9-2-4-10(5-3-9)20(15,16)17/h2-5H,6-8H2,1H3,(H2,12,13,14)(H,15,16,17). The number of urea groups is 1. The van der Waals surface area contributed by atoms with Gasteiger partial charge in [0, 0.05) is 12.8 Å². The number of carbonyl (C=O) groups excluding carboxylic acids is 1. The Kier molecular flexibility index (Phi) is 6.39. The molecule has 0 aliphatic rings. The number of nitrogens with one attached hydrogen (secondary N) is 2. The van der Waals surface area contributed by atoms with Gasteiger partial charge in [-0.2, -0.15) is 8.42 Å². The van der Waals surface area contributed by atoms with Gasteiger partial charge >= 0.3 is 6.03 Å². The molecule has 0 atom stereocenters. The predicted molar refractivity (Wildman–Crippen MR) is 71.1 cm³/mol. The van der Waals surface area contributed by atoms with Gasteiger partial charge in [-0.05, 0) is 24.3 Å². The van der Waals surface area contributed by atoms with Crippen molar-refractivity contribution < 1.29 is 27.2 Å². The Bertz CT molecular complexity index is 528. The highest BCUT2D eigenvalue weighted by atomic mass is 32.2. The van der Waals surface area contributed by atoms with Crippen LogP contribution in [0.2, 0.25) is 0 Å². The van der Waals surface area contributed by atoms with Crippen LogP contribution < -0.4 is 10.6 Å². The molecule has 0 radical (unpaired) electrons. The third kappa shape index (κ3) is 5.97. The van der Waals surface area contributed by atoms with Gasteiger partial charge in [0.2, 0.25) is 0 Å². The lowest BCUT2D eigenvalue weighted by molar-refractivity contribution is 0.0650. The topological polar surface area (TPSA) is 114 Å². The van der Waals surface area contributed by atoms with Crippen LogP contribution in [0.5, 0.6) is 0 Å². The van der Waals surface area contributed by atoms with Gasteiger partial charge in [0.05, 0.1) is 18.1 Å². The van der Waals surface area contributed by atoms with Crippen LogP contribution in [-0.4, -0.2) is 46.1 Å². The molecule has 0 spiro atoms. The van der Waals surface area contributed by atoms with Crippen LogP contribution in [0.3, 0.4) is 0 Å². The summed E-state index contributed by atoms with van der Waals surface area (Å²) in [5.74, 6) is 0. The molecule has 0 fully saturated rings. The largest absolute Gasteiger partial charge is 0.382 e. The van der Waals surface area contributed by atoms with E-state index < -0.39 is 16.1 Å². The summed E-state index contributed by atoms with van der Waals surface area (Å²) in [6, 6.07) is 4.57. The van der Waals surface area contributed by atoms with Crippen molar-refractivity contribution in [1.82, 2.24) is 5.32 Å². The highest BCUT2D eigenvalue weighted by molar-refractivity contribution is 7.85. The van der Waals surface area contributed by atoms with E-state index in [1.165, 1.54) is 24.3 Å². The van der Waals surface area contributed by atoms with E-state index in [9.17, 15) is 13.2 Å². The molecule has 0 saturated heterocycles. The number of hydrogen-bond acceptors (Lipinski definition) is 5. The van der Waals surface area contributed by atoms with E-state index in [1.807, 2.05) is 0 Å². The fourth-order valence-corrected chi connectivity index (χ4v) is 1.70. The highest BCUT2D eigenvalue weighted by Crippen LogP contribution is 2.13. The normalized spacial score (nSPS) is 11.1. The molecule has 20 heavy (non-hydrogen) atoms. The van der Waals surface area contributed by atoms with Crippen LogP contribution in [0.4, 0.5) is 10.5 Å². The molecular formula is C11H16N2O6S. The van der Waals surface area contributed by atoms with Gasteiger partial charge in [-0.25, -0.2) is 4.79 Å². The van der Waals surface area contributed by atoms with Crippen LogP contribution in [0, 0.1) is 0 Å². The molecule has 0 bridgehead atoms. The second kappa shape index (κ2) is 7.80. The molecule has 3 N–H and O–H groups in total. The van der Waals surface area contributed by atoms with Gasteiger partial charge in [0.15, 0.2) is 0 Å². The fraction of sp³-hybridized carbons (Fsp3) is 0.364. The summed E-state index contributed by atoms with van der Waals surface area (Å²) in [4.78, 5) is 11.2. The van der Waals surface area contributed by atoms with Crippen molar-refractivity contribution in [2.45, 2.75) is 4.90 Å². The van der Waals surface area contributed by atoms with E-state index >= 15 is 0 Å². The fourth-order valence-electron chi connectivity index (χ4n) is 1.22. The Morgan fingerprint density at radius 1 is 1.25 bits per heavy atom. The van der Waals surface area contributed by atoms with Gasteiger partial charge in [0.25, 0.3) is 10.1 Å². The minimum absolute atomic E-state index is 0.0261. The minimum atomic E-state index is -4.23. The Morgan fingerprint density at radius 2 is 1.90 bits per heavy atom. The first-order valence-electron chi connectivity index (χ1n) is 5.62. The number of carbonyl (C=O) groups is 1. The van der Waals surface area contributed by atoms with E-state index in [2.05, 4.69) is 10.6 Å². The molecule has 0 aliphatic heterocycles. The molecular weight excluding hydrogens is 288 g/mol. The highest BCUT2D eigenvalue weighted by Gasteiger charge is 2.09. The van der Waals surface area contributed by atoms with Gasteiger partial charge in [0.1, 0.15) is 6.73 Å². The van der Waals surface area contributed by atoms with Crippen LogP contribution in [0.15, 0.2) is 29.2 Å². The maximum absolute atomic E-state index is 11.4. The number of ether oxygens (including phenoxy) is 2. The zero-order valence-electron chi connectivity index (χ0n) is 10.8. The molecule has 1 rings (SSSR count). The molecule has 8 nitrogen and oxygen atoms in total. The van der Waals surface area contributed by atoms with Crippen LogP contribution >= 0.6 is 0 Å². The Hall–Kier alpha value is -1.68. The summed E-state index contributed by atoms with van der Waals surface area (Å²) in [7, 11) is -2.69. The SMILES string of the molecule is COCCOCNC(=O)Nc1ccc(S(=O)(=O)O)cc1. The molecule has 1 aromatic rings. The zero-order valence-corrected chi connectivity index (χ0v) is 11.6. The lowest BCUT2D eigenvalue weighted by Gasteiger charge is -2.08. The molecule has 9 heteroatoms. The Balaban J connectivity index is 2.39. The number of rotatable bonds is 7. The summed E-state index contributed by atoms with van der Waals surface area (Å²) in [6.45, 7) is 0.818. The molecule has 2 amide bonds. The number of anilines is 1. The van der Waals surface area contributed by atoms with E-state index in [1.54, 1.807) is 7.11 Å². The third-order valence-corrected chi connectivity index (χ3v) is 3.04. The second-order valence-corrected chi connectivity index (χ2v) is 5.10. The number of benzene rings is 1. The molecule has 0 heterocycles. The number of hydrogen-bond donors (Lipinski definition) is 3. The van der Waals surface area contributed by atoms with E-state index in [4.69, 9.17) is 14.0 Å². The molecule has 0 saturated carbocycles. The van der Waals surface area contributed by atoms with Crippen molar-refractivity contribution in [3.63, 3.8) is 0 Å². The second-order valence-electron chi connectivity index (χ2n) is 3.68. The van der Waals surface area contributed by atoms with Gasteiger partial charge in [-0.15, -0.1) is 0 Å². The van der Waals surface area contributed by atoms with Crippen molar-refractivity contribution in [3.8, 4) is 0 Å². The Morgan fingerprint density at radius 3 is 2.45 bits per heavy atom. The van der Waals surface area contributed by atoms with Gasteiger partial charge < -0.3 is 20.1 Å². The van der Waals surface area contributed by atoms with Gasteiger partial charge in [-0.1, -0.05) is 0 Å². The van der Waals surface area contributed by atoms with Crippen LogP contribution in [-0.2, 0) is 19.6 Å². The zero-order chi connectivity index (χ0) is 15.0. The average Bonchev–Trinajstić information content (AvgIpc) is 2.38. The molecule has 112 valence electrons. The summed E-state index contributed by atoms with van der Waals surface area (Å²) in [6.07, 6.45) is 0. The minimum Gasteiger partial charge on any atom is -0.382 e. The summed E-state index contributed by atoms with van der Waals surface area (Å²) in [5.41, 5.74) is 0.381. The average molecular weight is 304 g/mol. The lowest BCUT2D eigenvalue weighted by atomic mass is 10.3. The molecule has 0 aromatic heterocycles. The molecule has 0 unspecified atom stereocenters. The van der Waals surface area contributed by atoms with Crippen molar-refractivity contribution in [3.05, 3.63) is 24.3 Å². The van der Waals surface area contributed by atoms with Crippen molar-refractivity contribution in [1.29, 1.82) is 0 Å². The Labute approximate surface area is 116 Å². The number of amides is 2. The van der Waals surface area contributed by atoms with Crippen molar-refractivity contribution in [2.24, 2.45) is 0 Å². The van der Waals surface area contributed by atoms with E-state index in [0.717, 1.165) is 0 Å². The smallest absolute Gasteiger partial charge is 0.321 e. The quantitative estimate of drug-likeness (QED) is 0.388. The third-order valence-electron chi connectivity index (χ3n) is 2.18. The summed E-state index contributed by atoms with van der Waals surface area (Å²) in [5, 5.41) is 4.91. The lowest BCUT2D eigenvalue weighted by Crippen LogP contribution is -2.31. The number of methoxy groups -OCH3 is 1. The maximum atomic E-state index is 11.4. The monoisotopic (exact) mass is 304 g/mol. The summed E-state index contributed by atoms with van der Waals surface area (Å²) < 4.78 is 40.2. The first-order chi connectivity index (χ1) is 9.43. The first-order valence-corrected chi connectivity index (χ1v) is 7.06. The van der Waals surface area contributed by atoms with Crippen molar-refractivity contribution >= 4 is 21.8 Å². The van der Waals surface area contributed by atoms with Crippen LogP contribution in [0.25, 0.3) is 0 Å². The predicted octanol–water partition coefficient (Wildman–Crippen LogP) is 0.675. The van der Waals surface area contributed by atoms with Crippen LogP contribution in [0.1, 0.15) is 0 Å². The van der Waals surface area contributed by atoms with Gasteiger partial charge in [-0.3, -0.25) is 4.55 Å². The first kappa shape index (κ1) is 16.4.